The second-order valence-corrected chi connectivity index (χ2v) is 12.2. The van der Waals surface area contributed by atoms with Crippen molar-refractivity contribution in [3.63, 3.8) is 0 Å². The third kappa shape index (κ3) is 7.47. The van der Waals surface area contributed by atoms with Gasteiger partial charge in [-0.15, -0.1) is 0 Å². The van der Waals surface area contributed by atoms with Crippen LogP contribution < -0.4 is 9.62 Å². The standard InChI is InChI=1S/C29H35N5O5S/c1-20(2)17-24-19-39-28(31-24)26-18-23(11-12-30-26)6-5-22-7-9-25(10-8-22)33-13-15-34(16-14-33)40(37,38)32-27(21(3)4)29(35)36/h7-12,18-21,27,32H,13-17H2,1-4H3,(H,35,36)/t27-/m1/s1. The summed E-state index contributed by atoms with van der Waals surface area (Å²) < 4.78 is 34.7. The molecule has 2 N–H and O–H groups in total. The fraction of sp³-hybridized carbons (Fsp3) is 0.414. The van der Waals surface area contributed by atoms with Gasteiger partial charge >= 0.3 is 5.97 Å². The Morgan fingerprint density at radius 2 is 1.73 bits per heavy atom. The first-order chi connectivity index (χ1) is 19.0. The van der Waals surface area contributed by atoms with Gasteiger partial charge in [0.2, 0.25) is 5.89 Å². The summed E-state index contributed by atoms with van der Waals surface area (Å²) >= 11 is 0. The third-order valence-electron chi connectivity index (χ3n) is 6.52. The summed E-state index contributed by atoms with van der Waals surface area (Å²) in [5, 5.41) is 9.33. The number of pyridine rings is 1. The van der Waals surface area contributed by atoms with E-state index in [1.807, 2.05) is 36.4 Å². The topological polar surface area (TPSA) is 129 Å². The Morgan fingerprint density at radius 3 is 2.35 bits per heavy atom. The zero-order valence-corrected chi connectivity index (χ0v) is 24.0. The van der Waals surface area contributed by atoms with Crippen molar-refractivity contribution in [1.82, 2.24) is 19.0 Å². The molecule has 1 fully saturated rings. The number of rotatable bonds is 9. The van der Waals surface area contributed by atoms with Gasteiger partial charge in [-0.1, -0.05) is 39.5 Å². The van der Waals surface area contributed by atoms with Crippen LogP contribution in [0.25, 0.3) is 11.6 Å². The van der Waals surface area contributed by atoms with Crippen molar-refractivity contribution in [3.05, 3.63) is 65.7 Å². The van der Waals surface area contributed by atoms with Gasteiger partial charge in [-0.05, 0) is 54.7 Å². The Kier molecular flexibility index (Phi) is 9.25. The van der Waals surface area contributed by atoms with Gasteiger partial charge in [0.05, 0.1) is 5.69 Å². The Balaban J connectivity index is 1.36. The predicted molar refractivity (Wildman–Crippen MR) is 153 cm³/mol. The molecule has 40 heavy (non-hydrogen) atoms. The quantitative estimate of drug-likeness (QED) is 0.378. The third-order valence-corrected chi connectivity index (χ3v) is 8.12. The number of hydrogen-bond donors (Lipinski definition) is 2. The molecule has 4 rings (SSSR count). The van der Waals surface area contributed by atoms with Crippen LogP contribution in [-0.4, -0.2) is 66.0 Å². The van der Waals surface area contributed by atoms with Crippen molar-refractivity contribution < 1.29 is 22.7 Å². The molecule has 0 bridgehead atoms. The molecule has 0 unspecified atom stereocenters. The molecule has 1 aliphatic heterocycles. The fourth-order valence-electron chi connectivity index (χ4n) is 4.36. The maximum Gasteiger partial charge on any atom is 0.322 e. The molecule has 11 heteroatoms. The number of nitrogens with one attached hydrogen (secondary N) is 1. The lowest BCUT2D eigenvalue weighted by atomic mass is 10.1. The molecule has 0 spiro atoms. The molecular formula is C29H35N5O5S. The highest BCUT2D eigenvalue weighted by atomic mass is 32.2. The molecular weight excluding hydrogens is 530 g/mol. The molecule has 1 aromatic carbocycles. The number of nitrogens with zero attached hydrogens (tertiary/aromatic N) is 4. The van der Waals surface area contributed by atoms with Crippen LogP contribution in [0.3, 0.4) is 0 Å². The van der Waals surface area contributed by atoms with E-state index >= 15 is 0 Å². The number of benzene rings is 1. The van der Waals surface area contributed by atoms with Gasteiger partial charge < -0.3 is 14.4 Å². The van der Waals surface area contributed by atoms with E-state index in [-0.39, 0.29) is 19.0 Å². The monoisotopic (exact) mass is 565 g/mol. The molecule has 1 aliphatic rings. The molecule has 3 heterocycles. The largest absolute Gasteiger partial charge is 0.480 e. The van der Waals surface area contributed by atoms with Gasteiger partial charge in [-0.25, -0.2) is 4.98 Å². The highest BCUT2D eigenvalue weighted by Crippen LogP contribution is 2.20. The number of carboxylic acids is 1. The van der Waals surface area contributed by atoms with Crippen LogP contribution in [0.15, 0.2) is 53.3 Å². The SMILES string of the molecule is CC(C)Cc1coc(-c2cc(C#Cc3ccc(N4CCN(S(=O)(=O)N[C@@H](C(=O)O)C(C)C)CC4)cc3)ccn2)n1. The summed E-state index contributed by atoms with van der Waals surface area (Å²) in [4.78, 5) is 22.4. The maximum atomic E-state index is 12.7. The summed E-state index contributed by atoms with van der Waals surface area (Å²) in [7, 11) is -3.90. The van der Waals surface area contributed by atoms with Gasteiger partial charge in [-0.3, -0.25) is 9.78 Å². The van der Waals surface area contributed by atoms with Crippen LogP contribution in [0.1, 0.15) is 44.5 Å². The van der Waals surface area contributed by atoms with Gasteiger partial charge in [0, 0.05) is 49.2 Å². The summed E-state index contributed by atoms with van der Waals surface area (Å²) in [5.41, 5.74) is 4.15. The molecule has 1 atom stereocenters. The van der Waals surface area contributed by atoms with Gasteiger partial charge in [0.15, 0.2) is 0 Å². The molecule has 10 nitrogen and oxygen atoms in total. The summed E-state index contributed by atoms with van der Waals surface area (Å²) in [6, 6.07) is 10.3. The van der Waals surface area contributed by atoms with Crippen molar-refractivity contribution >= 4 is 21.9 Å². The van der Waals surface area contributed by atoms with Gasteiger partial charge in [-0.2, -0.15) is 17.4 Å². The molecule has 1 saturated heterocycles. The van der Waals surface area contributed by atoms with E-state index in [1.165, 1.54) is 4.31 Å². The number of carbonyl (C=O) groups is 1. The summed E-state index contributed by atoms with van der Waals surface area (Å²) in [5.74, 6) is 5.75. The van der Waals surface area contributed by atoms with Crippen LogP contribution in [0, 0.1) is 23.7 Å². The Hall–Kier alpha value is -3.72. The minimum absolute atomic E-state index is 0.259. The van der Waals surface area contributed by atoms with E-state index in [2.05, 4.69) is 45.3 Å². The summed E-state index contributed by atoms with van der Waals surface area (Å²) in [6.07, 6.45) is 4.21. The van der Waals surface area contributed by atoms with Crippen LogP contribution in [0.2, 0.25) is 0 Å². The van der Waals surface area contributed by atoms with Gasteiger partial charge in [0.25, 0.3) is 10.2 Å². The van der Waals surface area contributed by atoms with Crippen molar-refractivity contribution in [2.75, 3.05) is 31.1 Å². The number of oxazole rings is 1. The van der Waals surface area contributed by atoms with Crippen LogP contribution in [-0.2, 0) is 21.4 Å². The summed E-state index contributed by atoms with van der Waals surface area (Å²) in [6.45, 7) is 9.11. The number of aliphatic carboxylic acids is 1. The molecule has 0 aliphatic carbocycles. The highest BCUT2D eigenvalue weighted by Gasteiger charge is 2.32. The molecule has 0 amide bonds. The smallest absolute Gasteiger partial charge is 0.322 e. The molecule has 3 aromatic rings. The average Bonchev–Trinajstić information content (AvgIpc) is 3.39. The van der Waals surface area contributed by atoms with Crippen molar-refractivity contribution in [2.24, 2.45) is 11.8 Å². The molecule has 212 valence electrons. The zero-order chi connectivity index (χ0) is 28.9. The number of aromatic nitrogens is 2. The van der Waals surface area contributed by atoms with E-state index in [4.69, 9.17) is 4.42 Å². The Bertz CT molecular complexity index is 1480. The van der Waals surface area contributed by atoms with Crippen molar-refractivity contribution in [3.8, 4) is 23.4 Å². The predicted octanol–water partition coefficient (Wildman–Crippen LogP) is 3.40. The number of anilines is 1. The van der Waals surface area contributed by atoms with Crippen molar-refractivity contribution in [2.45, 2.75) is 40.2 Å². The van der Waals surface area contributed by atoms with Crippen LogP contribution >= 0.6 is 0 Å². The van der Waals surface area contributed by atoms with E-state index < -0.39 is 22.2 Å². The van der Waals surface area contributed by atoms with Crippen LogP contribution in [0.4, 0.5) is 5.69 Å². The minimum Gasteiger partial charge on any atom is -0.480 e. The minimum atomic E-state index is -3.90. The normalized spacial score (nSPS) is 15.2. The number of piperazine rings is 1. The molecule has 2 aromatic heterocycles. The lowest BCUT2D eigenvalue weighted by molar-refractivity contribution is -0.140. The van der Waals surface area contributed by atoms with Gasteiger partial charge in [0.1, 0.15) is 18.0 Å². The van der Waals surface area contributed by atoms with Crippen LogP contribution in [0.5, 0.6) is 0 Å². The fourth-order valence-corrected chi connectivity index (χ4v) is 5.84. The Labute approximate surface area is 235 Å². The molecule has 0 saturated carbocycles. The molecule has 0 radical (unpaired) electrons. The number of hydrogen-bond acceptors (Lipinski definition) is 7. The zero-order valence-electron chi connectivity index (χ0n) is 23.2. The second-order valence-electron chi connectivity index (χ2n) is 10.5. The first-order valence-corrected chi connectivity index (χ1v) is 14.7. The van der Waals surface area contributed by atoms with Crippen molar-refractivity contribution in [1.29, 1.82) is 0 Å². The Morgan fingerprint density at radius 1 is 1.05 bits per heavy atom. The first-order valence-electron chi connectivity index (χ1n) is 13.3. The maximum absolute atomic E-state index is 12.7. The highest BCUT2D eigenvalue weighted by molar-refractivity contribution is 7.87. The second kappa shape index (κ2) is 12.6. The lowest BCUT2D eigenvalue weighted by Gasteiger charge is -2.36. The lowest BCUT2D eigenvalue weighted by Crippen LogP contribution is -2.55. The van der Waals surface area contributed by atoms with E-state index in [9.17, 15) is 18.3 Å². The van der Waals surface area contributed by atoms with E-state index in [0.29, 0.717) is 30.6 Å². The first kappa shape index (κ1) is 29.3. The van der Waals surface area contributed by atoms with E-state index in [0.717, 1.165) is 28.9 Å². The average molecular weight is 566 g/mol. The number of carboxylic acid groups (broad SMARTS) is 1. The van der Waals surface area contributed by atoms with E-state index in [1.54, 1.807) is 26.3 Å².